The molecule has 5 nitrogen and oxygen atoms in total. The SMILES string of the molecule is O[C@H](CN1CCCCCC1)Cn1cnnc1. The van der Waals surface area contributed by atoms with Gasteiger partial charge in [-0.15, -0.1) is 10.2 Å². The van der Waals surface area contributed by atoms with Crippen molar-refractivity contribution in [2.75, 3.05) is 19.6 Å². The van der Waals surface area contributed by atoms with Crippen LogP contribution in [0, 0.1) is 0 Å². The highest BCUT2D eigenvalue weighted by molar-refractivity contribution is 4.70. The molecule has 1 N–H and O–H groups in total. The molecular formula is C11H20N4O. The van der Waals surface area contributed by atoms with E-state index in [1.54, 1.807) is 12.7 Å². The number of aliphatic hydroxyl groups excluding tert-OH is 1. The maximum atomic E-state index is 9.95. The van der Waals surface area contributed by atoms with Gasteiger partial charge in [0.2, 0.25) is 0 Å². The summed E-state index contributed by atoms with van der Waals surface area (Å²) in [5.41, 5.74) is 0. The summed E-state index contributed by atoms with van der Waals surface area (Å²) < 4.78 is 1.82. The molecule has 0 saturated carbocycles. The molecule has 90 valence electrons. The third-order valence-corrected chi connectivity index (χ3v) is 3.06. The van der Waals surface area contributed by atoms with Gasteiger partial charge in [0.15, 0.2) is 0 Å². The Morgan fingerprint density at radius 1 is 1.00 bits per heavy atom. The molecule has 1 aromatic heterocycles. The quantitative estimate of drug-likeness (QED) is 0.810. The molecule has 2 heterocycles. The summed E-state index contributed by atoms with van der Waals surface area (Å²) in [7, 11) is 0. The lowest BCUT2D eigenvalue weighted by Gasteiger charge is -2.23. The fraction of sp³-hybridized carbons (Fsp3) is 0.818. The molecule has 1 atom stereocenters. The number of hydrogen-bond donors (Lipinski definition) is 1. The molecule has 1 fully saturated rings. The summed E-state index contributed by atoms with van der Waals surface area (Å²) in [6, 6.07) is 0. The van der Waals surface area contributed by atoms with Gasteiger partial charge in [-0.2, -0.15) is 0 Å². The van der Waals surface area contributed by atoms with Crippen molar-refractivity contribution >= 4 is 0 Å². The van der Waals surface area contributed by atoms with Crippen LogP contribution >= 0.6 is 0 Å². The largest absolute Gasteiger partial charge is 0.390 e. The molecule has 1 aliphatic heterocycles. The molecule has 0 bridgehead atoms. The summed E-state index contributed by atoms with van der Waals surface area (Å²) in [4.78, 5) is 2.36. The number of aromatic nitrogens is 3. The van der Waals surface area contributed by atoms with Crippen LogP contribution in [0.2, 0.25) is 0 Å². The van der Waals surface area contributed by atoms with Gasteiger partial charge in [-0.25, -0.2) is 0 Å². The first-order valence-corrected chi connectivity index (χ1v) is 6.07. The number of hydrogen-bond acceptors (Lipinski definition) is 4. The second-order valence-electron chi connectivity index (χ2n) is 4.53. The first-order valence-electron chi connectivity index (χ1n) is 6.07. The number of nitrogens with zero attached hydrogens (tertiary/aromatic N) is 4. The Morgan fingerprint density at radius 2 is 1.62 bits per heavy atom. The average molecular weight is 224 g/mol. The van der Waals surface area contributed by atoms with Crippen LogP contribution < -0.4 is 0 Å². The zero-order valence-electron chi connectivity index (χ0n) is 9.62. The molecule has 5 heteroatoms. The average Bonchev–Trinajstić information content (AvgIpc) is 2.62. The molecule has 16 heavy (non-hydrogen) atoms. The molecule has 0 aromatic carbocycles. The van der Waals surface area contributed by atoms with E-state index in [1.807, 2.05) is 4.57 Å². The maximum absolute atomic E-state index is 9.95. The third-order valence-electron chi connectivity index (χ3n) is 3.06. The predicted molar refractivity (Wildman–Crippen MR) is 60.9 cm³/mol. The van der Waals surface area contributed by atoms with E-state index in [0.717, 1.165) is 19.6 Å². The van der Waals surface area contributed by atoms with E-state index in [9.17, 15) is 5.11 Å². The van der Waals surface area contributed by atoms with E-state index in [0.29, 0.717) is 6.54 Å². The van der Waals surface area contributed by atoms with Crippen molar-refractivity contribution in [3.8, 4) is 0 Å². The van der Waals surface area contributed by atoms with E-state index in [-0.39, 0.29) is 6.10 Å². The first-order chi connectivity index (χ1) is 7.84. The summed E-state index contributed by atoms with van der Waals surface area (Å²) in [6.07, 6.45) is 8.15. The fourth-order valence-electron chi connectivity index (χ4n) is 2.23. The lowest BCUT2D eigenvalue weighted by atomic mass is 10.2. The molecular weight excluding hydrogens is 204 g/mol. The highest BCUT2D eigenvalue weighted by Gasteiger charge is 2.13. The van der Waals surface area contributed by atoms with Crippen LogP contribution in [0.3, 0.4) is 0 Å². The molecule has 2 rings (SSSR count). The van der Waals surface area contributed by atoms with Gasteiger partial charge >= 0.3 is 0 Å². The Bertz CT molecular complexity index is 280. The Morgan fingerprint density at radius 3 is 2.25 bits per heavy atom. The van der Waals surface area contributed by atoms with E-state index in [1.165, 1.54) is 25.7 Å². The van der Waals surface area contributed by atoms with Gasteiger partial charge in [-0.3, -0.25) is 0 Å². The lowest BCUT2D eigenvalue weighted by Crippen LogP contribution is -2.35. The first kappa shape index (κ1) is 11.5. The zero-order chi connectivity index (χ0) is 11.2. The molecule has 0 unspecified atom stereocenters. The van der Waals surface area contributed by atoms with E-state index in [4.69, 9.17) is 0 Å². The minimum Gasteiger partial charge on any atom is -0.390 e. The molecule has 1 aliphatic rings. The molecule has 1 aromatic rings. The lowest BCUT2D eigenvalue weighted by molar-refractivity contribution is 0.0995. The molecule has 0 aliphatic carbocycles. The number of aliphatic hydroxyl groups is 1. The molecule has 0 amide bonds. The summed E-state index contributed by atoms with van der Waals surface area (Å²) >= 11 is 0. The Hall–Kier alpha value is -0.940. The van der Waals surface area contributed by atoms with Gasteiger partial charge < -0.3 is 14.6 Å². The number of rotatable bonds is 4. The Labute approximate surface area is 96.1 Å². The van der Waals surface area contributed by atoms with Crippen LogP contribution in [-0.4, -0.2) is 50.5 Å². The van der Waals surface area contributed by atoms with Crippen molar-refractivity contribution in [1.29, 1.82) is 0 Å². The third kappa shape index (κ3) is 3.57. The van der Waals surface area contributed by atoms with Crippen LogP contribution in [0.4, 0.5) is 0 Å². The smallest absolute Gasteiger partial charge is 0.119 e. The monoisotopic (exact) mass is 224 g/mol. The molecule has 0 spiro atoms. The maximum Gasteiger partial charge on any atom is 0.119 e. The fourth-order valence-corrected chi connectivity index (χ4v) is 2.23. The number of β-amino-alcohol motifs (C(OH)–C–C–N with tert-alkyl or cyclic N) is 1. The second-order valence-corrected chi connectivity index (χ2v) is 4.53. The van der Waals surface area contributed by atoms with Crippen molar-refractivity contribution in [2.45, 2.75) is 38.3 Å². The van der Waals surface area contributed by atoms with Crippen molar-refractivity contribution in [1.82, 2.24) is 19.7 Å². The van der Waals surface area contributed by atoms with E-state index >= 15 is 0 Å². The van der Waals surface area contributed by atoms with Gasteiger partial charge in [0.25, 0.3) is 0 Å². The van der Waals surface area contributed by atoms with Gasteiger partial charge in [0.05, 0.1) is 12.6 Å². The van der Waals surface area contributed by atoms with Crippen molar-refractivity contribution < 1.29 is 5.11 Å². The van der Waals surface area contributed by atoms with Crippen LogP contribution in [0.1, 0.15) is 25.7 Å². The number of likely N-dealkylation sites (tertiary alicyclic amines) is 1. The van der Waals surface area contributed by atoms with Crippen molar-refractivity contribution in [3.63, 3.8) is 0 Å². The van der Waals surface area contributed by atoms with Crippen LogP contribution in [0.5, 0.6) is 0 Å². The van der Waals surface area contributed by atoms with Gasteiger partial charge in [0, 0.05) is 6.54 Å². The summed E-state index contributed by atoms with van der Waals surface area (Å²) in [5, 5.41) is 17.4. The topological polar surface area (TPSA) is 54.2 Å². The van der Waals surface area contributed by atoms with Gasteiger partial charge in [-0.1, -0.05) is 12.8 Å². The normalized spacial score (nSPS) is 20.6. The standard InChI is InChI=1S/C11H20N4O/c16-11(8-15-9-12-13-10-15)7-14-5-3-1-2-4-6-14/h9-11,16H,1-8H2/t11-/m1/s1. The summed E-state index contributed by atoms with van der Waals surface area (Å²) in [6.45, 7) is 3.60. The Kier molecular flexibility index (Phi) is 4.30. The van der Waals surface area contributed by atoms with Crippen molar-refractivity contribution in [2.24, 2.45) is 0 Å². The van der Waals surface area contributed by atoms with Crippen molar-refractivity contribution in [3.05, 3.63) is 12.7 Å². The molecule has 0 radical (unpaired) electrons. The van der Waals surface area contributed by atoms with Crippen LogP contribution in [0.25, 0.3) is 0 Å². The molecule has 1 saturated heterocycles. The second kappa shape index (κ2) is 5.96. The predicted octanol–water partition coefficient (Wildman–Crippen LogP) is 0.515. The van der Waals surface area contributed by atoms with E-state index in [2.05, 4.69) is 15.1 Å². The van der Waals surface area contributed by atoms with E-state index < -0.39 is 0 Å². The zero-order valence-corrected chi connectivity index (χ0v) is 9.62. The van der Waals surface area contributed by atoms with Gasteiger partial charge in [0.1, 0.15) is 12.7 Å². The Balaban J connectivity index is 1.75. The highest BCUT2D eigenvalue weighted by atomic mass is 16.3. The van der Waals surface area contributed by atoms with Crippen LogP contribution in [0.15, 0.2) is 12.7 Å². The van der Waals surface area contributed by atoms with Gasteiger partial charge in [-0.05, 0) is 25.9 Å². The van der Waals surface area contributed by atoms with Crippen LogP contribution in [-0.2, 0) is 6.54 Å². The summed E-state index contributed by atoms with van der Waals surface area (Å²) in [5.74, 6) is 0. The minimum absolute atomic E-state index is 0.325. The highest BCUT2D eigenvalue weighted by Crippen LogP contribution is 2.10. The minimum atomic E-state index is -0.325.